The molecule has 1 rings (SSSR count). The van der Waals surface area contributed by atoms with Gasteiger partial charge in [-0.2, -0.15) is 0 Å². The molecule has 0 radical (unpaired) electrons. The Labute approximate surface area is 87.6 Å². The van der Waals surface area contributed by atoms with Gasteiger partial charge in [-0.05, 0) is 11.2 Å². The van der Waals surface area contributed by atoms with Crippen molar-refractivity contribution >= 4 is 18.3 Å². The maximum atomic E-state index is 11.8. The Morgan fingerprint density at radius 3 is 2.38 bits per heavy atom. The van der Waals surface area contributed by atoms with E-state index >= 15 is 0 Å². The van der Waals surface area contributed by atoms with Crippen LogP contribution in [0.4, 0.5) is 18.9 Å². The Balaban J connectivity index is 3.05. The number of benzene rings is 1. The fourth-order valence-electron chi connectivity index (χ4n) is 1.02. The van der Waals surface area contributed by atoms with E-state index in [0.29, 0.717) is 6.07 Å². The summed E-state index contributed by atoms with van der Waals surface area (Å²) in [7, 11) is -1.99. The lowest BCUT2D eigenvalue weighted by atomic mass is 9.79. The molecule has 86 valence electrons. The smallest absolute Gasteiger partial charge is 0.423 e. The van der Waals surface area contributed by atoms with E-state index in [0.717, 1.165) is 12.1 Å². The van der Waals surface area contributed by atoms with Crippen LogP contribution in [0.1, 0.15) is 0 Å². The number of hydrogen-bond donors (Lipinski definition) is 2. The van der Waals surface area contributed by atoms with Crippen LogP contribution in [0.3, 0.4) is 0 Å². The van der Waals surface area contributed by atoms with Gasteiger partial charge in [0.25, 0.3) is 0 Å². The monoisotopic (exact) mass is 235 g/mol. The largest absolute Gasteiger partial charge is 0.573 e. The van der Waals surface area contributed by atoms with Crippen molar-refractivity contribution in [3.05, 3.63) is 23.1 Å². The molecule has 0 spiro atoms. The number of rotatable bonds is 3. The van der Waals surface area contributed by atoms with Crippen molar-refractivity contribution in [3.63, 3.8) is 0 Å². The lowest BCUT2D eigenvalue weighted by Crippen LogP contribution is -2.30. The predicted molar refractivity (Wildman–Crippen MR) is 48.4 cm³/mol. The van der Waals surface area contributed by atoms with Gasteiger partial charge in [-0.25, -0.2) is 0 Å². The molecule has 0 aliphatic heterocycles. The van der Waals surface area contributed by atoms with Gasteiger partial charge in [0.1, 0.15) is 11.4 Å². The Bertz CT molecular complexity index is 396. The molecule has 2 N–H and O–H groups in total. The van der Waals surface area contributed by atoms with E-state index in [2.05, 4.69) is 9.91 Å². The van der Waals surface area contributed by atoms with Crippen molar-refractivity contribution in [3.8, 4) is 5.75 Å². The van der Waals surface area contributed by atoms with Crippen molar-refractivity contribution in [2.24, 2.45) is 5.18 Å². The Morgan fingerprint density at radius 1 is 1.31 bits per heavy atom. The highest BCUT2D eigenvalue weighted by Crippen LogP contribution is 2.25. The van der Waals surface area contributed by atoms with E-state index in [9.17, 15) is 18.1 Å². The van der Waals surface area contributed by atoms with Crippen LogP contribution in [-0.4, -0.2) is 23.5 Å². The fourth-order valence-corrected chi connectivity index (χ4v) is 1.02. The van der Waals surface area contributed by atoms with Crippen LogP contribution < -0.4 is 10.2 Å². The summed E-state index contributed by atoms with van der Waals surface area (Å²) in [5, 5.41) is 19.9. The van der Waals surface area contributed by atoms with E-state index in [4.69, 9.17) is 10.0 Å². The second-order valence-electron chi connectivity index (χ2n) is 2.73. The summed E-state index contributed by atoms with van der Waals surface area (Å²) in [6, 6.07) is 2.41. The summed E-state index contributed by atoms with van der Waals surface area (Å²) in [6.07, 6.45) is -4.89. The molecule has 0 bridgehead atoms. The summed E-state index contributed by atoms with van der Waals surface area (Å²) >= 11 is 0. The molecule has 0 saturated carbocycles. The SMILES string of the molecule is O=Nc1cc(OC(F)(F)F)ccc1B(O)O. The molecular weight excluding hydrogens is 230 g/mol. The summed E-state index contributed by atoms with van der Waals surface area (Å²) in [5.41, 5.74) is -0.832. The van der Waals surface area contributed by atoms with Gasteiger partial charge < -0.3 is 14.8 Å². The predicted octanol–water partition coefficient (Wildman–Crippen LogP) is 0.663. The zero-order valence-electron chi connectivity index (χ0n) is 7.60. The van der Waals surface area contributed by atoms with Gasteiger partial charge in [0.15, 0.2) is 0 Å². The maximum absolute atomic E-state index is 11.8. The molecule has 0 aliphatic rings. The van der Waals surface area contributed by atoms with E-state index in [1.807, 2.05) is 0 Å². The van der Waals surface area contributed by atoms with E-state index in [1.54, 1.807) is 0 Å². The first kappa shape index (κ1) is 12.5. The fraction of sp³-hybridized carbons (Fsp3) is 0.143. The van der Waals surface area contributed by atoms with E-state index in [-0.39, 0.29) is 5.46 Å². The summed E-state index contributed by atoms with van der Waals surface area (Å²) in [5.74, 6) is -0.661. The molecule has 0 heterocycles. The van der Waals surface area contributed by atoms with Gasteiger partial charge >= 0.3 is 13.5 Å². The van der Waals surface area contributed by atoms with Crippen LogP contribution in [0.15, 0.2) is 23.4 Å². The third kappa shape index (κ3) is 3.21. The van der Waals surface area contributed by atoms with Gasteiger partial charge in [-0.15, -0.1) is 18.1 Å². The van der Waals surface area contributed by atoms with Crippen LogP contribution in [0, 0.1) is 4.91 Å². The second kappa shape index (κ2) is 4.50. The molecule has 0 aliphatic carbocycles. The Kier molecular flexibility index (Phi) is 3.50. The van der Waals surface area contributed by atoms with E-state index in [1.165, 1.54) is 0 Å². The Morgan fingerprint density at radius 2 is 1.94 bits per heavy atom. The van der Waals surface area contributed by atoms with Gasteiger partial charge in [0, 0.05) is 11.5 Å². The lowest BCUT2D eigenvalue weighted by Gasteiger charge is -2.10. The number of halogens is 3. The molecule has 0 fully saturated rings. The maximum Gasteiger partial charge on any atom is 0.573 e. The molecule has 0 aromatic heterocycles. The van der Waals surface area contributed by atoms with Crippen molar-refractivity contribution < 1.29 is 28.0 Å². The minimum Gasteiger partial charge on any atom is -0.423 e. The summed E-state index contributed by atoms with van der Waals surface area (Å²) < 4.78 is 38.9. The minimum atomic E-state index is -4.89. The lowest BCUT2D eigenvalue weighted by molar-refractivity contribution is -0.274. The normalized spacial score (nSPS) is 11.1. The van der Waals surface area contributed by atoms with Crippen molar-refractivity contribution in [1.29, 1.82) is 0 Å². The zero-order chi connectivity index (χ0) is 12.3. The van der Waals surface area contributed by atoms with E-state index < -0.39 is 24.9 Å². The third-order valence-electron chi connectivity index (χ3n) is 1.61. The summed E-state index contributed by atoms with van der Waals surface area (Å²) in [4.78, 5) is 10.2. The van der Waals surface area contributed by atoms with Crippen LogP contribution >= 0.6 is 0 Å². The Hall–Kier alpha value is -1.61. The van der Waals surface area contributed by atoms with Crippen molar-refractivity contribution in [1.82, 2.24) is 0 Å². The first-order chi connectivity index (χ1) is 7.33. The molecule has 1 aromatic carbocycles. The molecule has 1 aromatic rings. The van der Waals surface area contributed by atoms with Gasteiger partial charge in [-0.3, -0.25) is 0 Å². The zero-order valence-corrected chi connectivity index (χ0v) is 7.60. The van der Waals surface area contributed by atoms with Gasteiger partial charge in [-0.1, -0.05) is 6.07 Å². The van der Waals surface area contributed by atoms with Crippen LogP contribution in [0.5, 0.6) is 5.75 Å². The van der Waals surface area contributed by atoms with Crippen molar-refractivity contribution in [2.45, 2.75) is 6.36 Å². The second-order valence-corrected chi connectivity index (χ2v) is 2.73. The number of ether oxygens (including phenoxy) is 1. The molecule has 16 heavy (non-hydrogen) atoms. The molecule has 5 nitrogen and oxygen atoms in total. The average Bonchev–Trinajstić information content (AvgIpc) is 2.14. The molecular formula is C7H5BF3NO4. The topological polar surface area (TPSA) is 79.1 Å². The van der Waals surface area contributed by atoms with Crippen molar-refractivity contribution in [2.75, 3.05) is 0 Å². The number of nitroso groups, excluding NO2 is 1. The molecule has 0 saturated heterocycles. The first-order valence-electron chi connectivity index (χ1n) is 3.92. The molecule has 0 atom stereocenters. The highest BCUT2D eigenvalue weighted by Gasteiger charge is 2.31. The van der Waals surface area contributed by atoms with Gasteiger partial charge in [0.05, 0.1) is 0 Å². The molecule has 9 heteroatoms. The number of alkyl halides is 3. The quantitative estimate of drug-likeness (QED) is 0.595. The van der Waals surface area contributed by atoms with Crippen LogP contribution in [-0.2, 0) is 0 Å². The first-order valence-corrected chi connectivity index (χ1v) is 3.92. The highest BCUT2D eigenvalue weighted by atomic mass is 19.4. The number of hydrogen-bond acceptors (Lipinski definition) is 5. The standard InChI is InChI=1S/C7H5BF3NO4/c9-7(10,11)16-4-1-2-5(8(13)14)6(3-4)12-15/h1-3,13-14H. The average molecular weight is 235 g/mol. The van der Waals surface area contributed by atoms with Gasteiger partial charge in [0.2, 0.25) is 0 Å². The van der Waals surface area contributed by atoms with Crippen LogP contribution in [0.2, 0.25) is 0 Å². The van der Waals surface area contributed by atoms with Crippen LogP contribution in [0.25, 0.3) is 0 Å². The molecule has 0 unspecified atom stereocenters. The number of nitrogens with zero attached hydrogens (tertiary/aromatic N) is 1. The molecule has 0 amide bonds. The third-order valence-corrected chi connectivity index (χ3v) is 1.61. The minimum absolute atomic E-state index is 0.301. The summed E-state index contributed by atoms with van der Waals surface area (Å²) in [6.45, 7) is 0. The highest BCUT2D eigenvalue weighted by molar-refractivity contribution is 6.60.